The van der Waals surface area contributed by atoms with Crippen LogP contribution in [0.2, 0.25) is 0 Å². The molecule has 146 valence electrons. The van der Waals surface area contributed by atoms with Crippen LogP contribution < -0.4 is 5.32 Å². The van der Waals surface area contributed by atoms with Crippen molar-refractivity contribution in [1.29, 1.82) is 0 Å². The Labute approximate surface area is 172 Å². The van der Waals surface area contributed by atoms with E-state index >= 15 is 0 Å². The minimum absolute atomic E-state index is 0.430. The van der Waals surface area contributed by atoms with E-state index in [2.05, 4.69) is 27.4 Å². The van der Waals surface area contributed by atoms with Gasteiger partial charge in [0.25, 0.3) is 0 Å². The summed E-state index contributed by atoms with van der Waals surface area (Å²) in [5.41, 5.74) is 2.22. The van der Waals surface area contributed by atoms with E-state index in [4.69, 9.17) is 9.72 Å². The zero-order chi connectivity index (χ0) is 20.4. The number of ether oxygens (including phenoxy) is 1. The first kappa shape index (κ1) is 19.0. The molecule has 0 aliphatic carbocycles. The minimum Gasteiger partial charge on any atom is -0.444 e. The van der Waals surface area contributed by atoms with Gasteiger partial charge in [0, 0.05) is 40.0 Å². The first-order valence-electron chi connectivity index (χ1n) is 9.15. The lowest BCUT2D eigenvalue weighted by molar-refractivity contribution is 0.0635. The largest absolute Gasteiger partial charge is 0.444 e. The highest BCUT2D eigenvalue weighted by Crippen LogP contribution is 2.33. The van der Waals surface area contributed by atoms with E-state index in [0.717, 1.165) is 31.9 Å². The molecule has 4 rings (SSSR count). The van der Waals surface area contributed by atoms with Crippen molar-refractivity contribution in [3.05, 3.63) is 61.1 Å². The van der Waals surface area contributed by atoms with E-state index in [0.29, 0.717) is 5.82 Å². The van der Waals surface area contributed by atoms with Gasteiger partial charge < -0.3 is 4.74 Å². The third-order valence-electron chi connectivity index (χ3n) is 4.02. The number of thiophene rings is 1. The molecule has 6 nitrogen and oxygen atoms in total. The fourth-order valence-corrected chi connectivity index (χ4v) is 3.78. The molecule has 0 spiro atoms. The molecule has 0 bridgehead atoms. The van der Waals surface area contributed by atoms with Crippen molar-refractivity contribution < 1.29 is 9.53 Å². The monoisotopic (exact) mass is 404 g/mol. The predicted molar refractivity (Wildman–Crippen MR) is 116 cm³/mol. The van der Waals surface area contributed by atoms with Gasteiger partial charge in [-0.2, -0.15) is 0 Å². The smallest absolute Gasteiger partial charge is 0.413 e. The number of carbonyl (C=O) groups is 1. The maximum Gasteiger partial charge on any atom is 0.413 e. The van der Waals surface area contributed by atoms with E-state index in [9.17, 15) is 4.79 Å². The van der Waals surface area contributed by atoms with E-state index in [-0.39, 0.29) is 0 Å². The normalized spacial score (nSPS) is 11.4. The summed E-state index contributed by atoms with van der Waals surface area (Å²) in [7, 11) is 0. The van der Waals surface area contributed by atoms with Gasteiger partial charge in [-0.1, -0.05) is 6.07 Å². The number of carbonyl (C=O) groups excluding carboxylic acids is 1. The molecular formula is C22H20N4O2S. The molecule has 0 fully saturated rings. The molecule has 4 aromatic rings. The zero-order valence-corrected chi connectivity index (χ0v) is 17.2. The number of amides is 1. The quantitative estimate of drug-likeness (QED) is 0.469. The van der Waals surface area contributed by atoms with E-state index < -0.39 is 11.7 Å². The van der Waals surface area contributed by atoms with Crippen LogP contribution in [-0.2, 0) is 4.74 Å². The molecule has 1 N–H and O–H groups in total. The number of anilines is 1. The molecule has 4 heterocycles. The Hall–Kier alpha value is -3.32. The van der Waals surface area contributed by atoms with Crippen molar-refractivity contribution in [2.24, 2.45) is 0 Å². The van der Waals surface area contributed by atoms with Gasteiger partial charge in [0.2, 0.25) is 0 Å². The van der Waals surface area contributed by atoms with Crippen LogP contribution in [0.4, 0.5) is 10.6 Å². The highest BCUT2D eigenvalue weighted by Gasteiger charge is 2.16. The first-order valence-corrected chi connectivity index (χ1v) is 9.96. The van der Waals surface area contributed by atoms with Crippen molar-refractivity contribution in [3.8, 4) is 21.7 Å². The van der Waals surface area contributed by atoms with Crippen LogP contribution in [0, 0.1) is 0 Å². The number of hydrogen-bond acceptors (Lipinski definition) is 6. The lowest BCUT2D eigenvalue weighted by atomic mass is 10.1. The Bertz CT molecular complexity index is 1150. The van der Waals surface area contributed by atoms with Gasteiger partial charge >= 0.3 is 6.09 Å². The Morgan fingerprint density at radius 3 is 2.62 bits per heavy atom. The Morgan fingerprint density at radius 1 is 1.07 bits per heavy atom. The van der Waals surface area contributed by atoms with Crippen LogP contribution in [0.25, 0.3) is 31.9 Å². The molecule has 0 aliphatic rings. The van der Waals surface area contributed by atoms with Gasteiger partial charge in [-0.25, -0.2) is 14.8 Å². The van der Waals surface area contributed by atoms with Gasteiger partial charge in [-0.3, -0.25) is 10.3 Å². The summed E-state index contributed by atoms with van der Waals surface area (Å²) >= 11 is 1.63. The summed E-state index contributed by atoms with van der Waals surface area (Å²) < 4.78 is 5.24. The molecule has 0 saturated carbocycles. The fraction of sp³-hybridized carbons (Fsp3) is 0.182. The number of hydrogen-bond donors (Lipinski definition) is 1. The summed E-state index contributed by atoms with van der Waals surface area (Å²) in [6.07, 6.45) is 4.78. The highest BCUT2D eigenvalue weighted by atomic mass is 32.1. The van der Waals surface area contributed by atoms with E-state index in [1.807, 2.05) is 51.2 Å². The van der Waals surface area contributed by atoms with Gasteiger partial charge in [0.05, 0.1) is 5.69 Å². The van der Waals surface area contributed by atoms with Crippen LogP contribution in [0.5, 0.6) is 0 Å². The second-order valence-electron chi connectivity index (χ2n) is 7.50. The van der Waals surface area contributed by atoms with Crippen molar-refractivity contribution in [3.63, 3.8) is 0 Å². The molecule has 0 unspecified atom stereocenters. The van der Waals surface area contributed by atoms with Crippen molar-refractivity contribution >= 4 is 33.5 Å². The fourth-order valence-electron chi connectivity index (χ4n) is 2.76. The third-order valence-corrected chi connectivity index (χ3v) is 5.11. The van der Waals surface area contributed by atoms with Gasteiger partial charge in [0.15, 0.2) is 0 Å². The van der Waals surface area contributed by atoms with Crippen LogP contribution in [-0.4, -0.2) is 26.6 Å². The average molecular weight is 404 g/mol. The lowest BCUT2D eigenvalue weighted by Crippen LogP contribution is -2.27. The molecule has 29 heavy (non-hydrogen) atoms. The molecule has 4 aromatic heterocycles. The Balaban J connectivity index is 1.54. The van der Waals surface area contributed by atoms with Gasteiger partial charge in [-0.05, 0) is 57.2 Å². The highest BCUT2D eigenvalue weighted by molar-refractivity contribution is 7.21. The molecule has 7 heteroatoms. The molecule has 0 atom stereocenters. The number of fused-ring (bicyclic) bond motifs is 1. The van der Waals surface area contributed by atoms with Crippen molar-refractivity contribution in [2.75, 3.05) is 5.32 Å². The molecular weight excluding hydrogens is 384 g/mol. The van der Waals surface area contributed by atoms with Crippen molar-refractivity contribution in [2.45, 2.75) is 26.4 Å². The number of rotatable bonds is 3. The third kappa shape index (κ3) is 4.57. The summed E-state index contributed by atoms with van der Waals surface area (Å²) in [5.74, 6) is 0.430. The number of nitrogens with one attached hydrogen (secondary N) is 1. The molecule has 1 amide bonds. The van der Waals surface area contributed by atoms with Crippen LogP contribution in [0.3, 0.4) is 0 Å². The van der Waals surface area contributed by atoms with Crippen LogP contribution in [0.1, 0.15) is 20.8 Å². The van der Waals surface area contributed by atoms with Gasteiger partial charge in [-0.15, -0.1) is 11.3 Å². The number of aromatic nitrogens is 3. The zero-order valence-electron chi connectivity index (χ0n) is 16.3. The summed E-state index contributed by atoms with van der Waals surface area (Å²) in [5, 5.41) is 3.72. The number of nitrogens with zero attached hydrogens (tertiary/aromatic N) is 3. The lowest BCUT2D eigenvalue weighted by Gasteiger charge is -2.19. The maximum atomic E-state index is 11.9. The molecule has 0 aromatic carbocycles. The second-order valence-corrected chi connectivity index (χ2v) is 8.53. The molecule has 0 saturated heterocycles. The summed E-state index contributed by atoms with van der Waals surface area (Å²) in [6, 6.07) is 13.7. The Morgan fingerprint density at radius 2 is 1.93 bits per heavy atom. The topological polar surface area (TPSA) is 77.0 Å². The average Bonchev–Trinajstić information content (AvgIpc) is 3.11. The second kappa shape index (κ2) is 7.60. The summed E-state index contributed by atoms with van der Waals surface area (Å²) in [4.78, 5) is 27.2. The van der Waals surface area contributed by atoms with E-state index in [1.54, 1.807) is 29.8 Å². The predicted octanol–water partition coefficient (Wildman–Crippen LogP) is 5.77. The molecule has 0 radical (unpaired) electrons. The van der Waals surface area contributed by atoms with Crippen LogP contribution in [0.15, 0.2) is 61.1 Å². The first-order chi connectivity index (χ1) is 13.9. The van der Waals surface area contributed by atoms with Crippen LogP contribution >= 0.6 is 11.3 Å². The van der Waals surface area contributed by atoms with E-state index in [1.165, 1.54) is 0 Å². The SMILES string of the molecule is CC(C)(C)OC(=O)Nc1ccc(-c2ccc3cc(-c4cccnc4)sc3n2)cn1. The molecule has 0 aliphatic heterocycles. The number of pyridine rings is 3. The summed E-state index contributed by atoms with van der Waals surface area (Å²) in [6.45, 7) is 5.44. The standard InChI is InChI=1S/C22H20N4O2S/c1-22(2,3)28-21(27)26-19-9-7-15(13-24-19)17-8-6-14-11-18(29-20(14)25-17)16-5-4-10-23-12-16/h4-13H,1-3H3,(H,24,26,27). The van der Waals surface area contributed by atoms with Gasteiger partial charge in [0.1, 0.15) is 16.2 Å². The Kier molecular flexibility index (Phi) is 4.98. The maximum absolute atomic E-state index is 11.9. The minimum atomic E-state index is -0.557. The van der Waals surface area contributed by atoms with Crippen molar-refractivity contribution in [1.82, 2.24) is 15.0 Å².